The zero-order chi connectivity index (χ0) is 10.2. The van der Waals surface area contributed by atoms with Crippen LogP contribution in [-0.4, -0.2) is 16.5 Å². The molecular weight excluding hydrogens is 176 g/mol. The Hall–Kier alpha value is -0.630. The Kier molecular flexibility index (Phi) is 2.48. The summed E-state index contributed by atoms with van der Waals surface area (Å²) < 4.78 is 0. The van der Waals surface area contributed by atoms with E-state index in [1.165, 1.54) is 11.1 Å². The molecule has 1 atom stereocenters. The molecule has 0 saturated heterocycles. The SMILES string of the molecule is CC1=C2CCCCC(=O)C(O)(CC1)C2. The summed E-state index contributed by atoms with van der Waals surface area (Å²) in [4.78, 5) is 11.7. The molecule has 2 bridgehead atoms. The normalized spacial score (nSPS) is 34.0. The Balaban J connectivity index is 2.29. The molecule has 0 aromatic carbocycles. The molecule has 2 aliphatic rings. The zero-order valence-electron chi connectivity index (χ0n) is 8.81. The molecule has 0 heterocycles. The number of carbonyl (C=O) groups is 1. The number of allylic oxidation sites excluding steroid dienone is 1. The van der Waals surface area contributed by atoms with Gasteiger partial charge in [-0.05, 0) is 39.0 Å². The molecule has 0 amide bonds. The maximum atomic E-state index is 11.7. The molecule has 0 radical (unpaired) electrons. The van der Waals surface area contributed by atoms with Crippen molar-refractivity contribution < 1.29 is 9.90 Å². The first-order valence-electron chi connectivity index (χ1n) is 5.55. The molecule has 0 spiro atoms. The molecule has 2 rings (SSSR count). The molecule has 0 aromatic rings. The number of ketones is 1. The van der Waals surface area contributed by atoms with Gasteiger partial charge in [0.15, 0.2) is 5.78 Å². The number of hydrogen-bond donors (Lipinski definition) is 1. The number of fused-ring (bicyclic) bond motifs is 2. The summed E-state index contributed by atoms with van der Waals surface area (Å²) in [6, 6.07) is 0. The van der Waals surface area contributed by atoms with E-state index < -0.39 is 5.60 Å². The van der Waals surface area contributed by atoms with Gasteiger partial charge in [-0.15, -0.1) is 0 Å². The summed E-state index contributed by atoms with van der Waals surface area (Å²) in [6.07, 6.45) is 5.85. The second kappa shape index (κ2) is 3.50. The number of aliphatic hydroxyl groups is 1. The van der Waals surface area contributed by atoms with Gasteiger partial charge in [0.2, 0.25) is 0 Å². The molecular formula is C12H18O2. The lowest BCUT2D eigenvalue weighted by Crippen LogP contribution is -2.41. The summed E-state index contributed by atoms with van der Waals surface area (Å²) in [5, 5.41) is 10.2. The van der Waals surface area contributed by atoms with Crippen LogP contribution < -0.4 is 0 Å². The largest absolute Gasteiger partial charge is 0.382 e. The van der Waals surface area contributed by atoms with Crippen LogP contribution in [0.4, 0.5) is 0 Å². The van der Waals surface area contributed by atoms with E-state index in [-0.39, 0.29) is 5.78 Å². The van der Waals surface area contributed by atoms with Gasteiger partial charge in [-0.3, -0.25) is 4.79 Å². The van der Waals surface area contributed by atoms with Gasteiger partial charge in [-0.25, -0.2) is 0 Å². The molecule has 1 fully saturated rings. The van der Waals surface area contributed by atoms with E-state index in [2.05, 4.69) is 6.92 Å². The van der Waals surface area contributed by atoms with Gasteiger partial charge in [-0.2, -0.15) is 0 Å². The molecule has 0 aromatic heterocycles. The van der Waals surface area contributed by atoms with Crippen LogP contribution in [-0.2, 0) is 4.79 Å². The highest BCUT2D eigenvalue weighted by Crippen LogP contribution is 2.38. The summed E-state index contributed by atoms with van der Waals surface area (Å²) in [5.41, 5.74) is 1.74. The number of hydrogen-bond acceptors (Lipinski definition) is 2. The Morgan fingerprint density at radius 2 is 1.93 bits per heavy atom. The van der Waals surface area contributed by atoms with E-state index >= 15 is 0 Å². The molecule has 0 aliphatic heterocycles. The van der Waals surface area contributed by atoms with Gasteiger partial charge in [0.05, 0.1) is 0 Å². The maximum Gasteiger partial charge on any atom is 0.164 e. The van der Waals surface area contributed by atoms with Crippen LogP contribution in [0.5, 0.6) is 0 Å². The zero-order valence-corrected chi connectivity index (χ0v) is 8.81. The van der Waals surface area contributed by atoms with Gasteiger partial charge in [0.25, 0.3) is 0 Å². The number of carbonyl (C=O) groups excluding carboxylic acids is 1. The third-order valence-corrected chi connectivity index (χ3v) is 3.67. The monoisotopic (exact) mass is 194 g/mol. The van der Waals surface area contributed by atoms with Gasteiger partial charge in [0, 0.05) is 12.8 Å². The van der Waals surface area contributed by atoms with E-state index in [4.69, 9.17) is 0 Å². The lowest BCUT2D eigenvalue weighted by Gasteiger charge is -2.35. The molecule has 14 heavy (non-hydrogen) atoms. The van der Waals surface area contributed by atoms with Crippen molar-refractivity contribution in [3.05, 3.63) is 11.1 Å². The predicted molar refractivity (Wildman–Crippen MR) is 55.0 cm³/mol. The molecule has 78 valence electrons. The average molecular weight is 194 g/mol. The molecule has 2 heteroatoms. The molecule has 1 N–H and O–H groups in total. The fraction of sp³-hybridized carbons (Fsp3) is 0.750. The third-order valence-electron chi connectivity index (χ3n) is 3.67. The Morgan fingerprint density at radius 1 is 1.21 bits per heavy atom. The molecule has 1 saturated carbocycles. The highest BCUT2D eigenvalue weighted by atomic mass is 16.3. The Labute approximate surface area is 85.0 Å². The van der Waals surface area contributed by atoms with Crippen molar-refractivity contribution in [3.63, 3.8) is 0 Å². The highest BCUT2D eigenvalue weighted by molar-refractivity contribution is 5.87. The average Bonchev–Trinajstić information content (AvgIpc) is 2.15. The maximum absolute atomic E-state index is 11.7. The van der Waals surface area contributed by atoms with Gasteiger partial charge >= 0.3 is 0 Å². The fourth-order valence-electron chi connectivity index (χ4n) is 2.56. The second-order valence-electron chi connectivity index (χ2n) is 4.72. The van der Waals surface area contributed by atoms with Crippen molar-refractivity contribution in [2.24, 2.45) is 0 Å². The minimum Gasteiger partial charge on any atom is -0.382 e. The van der Waals surface area contributed by atoms with Crippen LogP contribution in [0, 0.1) is 0 Å². The number of rotatable bonds is 0. The van der Waals surface area contributed by atoms with E-state index in [0.29, 0.717) is 19.3 Å². The van der Waals surface area contributed by atoms with Crippen molar-refractivity contribution in [3.8, 4) is 0 Å². The smallest absolute Gasteiger partial charge is 0.164 e. The van der Waals surface area contributed by atoms with Gasteiger partial charge < -0.3 is 5.11 Å². The first-order valence-corrected chi connectivity index (χ1v) is 5.55. The fourth-order valence-corrected chi connectivity index (χ4v) is 2.56. The molecule has 2 aliphatic carbocycles. The topological polar surface area (TPSA) is 37.3 Å². The third kappa shape index (κ3) is 1.63. The minimum absolute atomic E-state index is 0.0715. The van der Waals surface area contributed by atoms with E-state index in [0.717, 1.165) is 25.7 Å². The first-order chi connectivity index (χ1) is 6.62. The lowest BCUT2D eigenvalue weighted by molar-refractivity contribution is -0.139. The van der Waals surface area contributed by atoms with Crippen molar-refractivity contribution in [2.75, 3.05) is 0 Å². The van der Waals surface area contributed by atoms with Crippen LogP contribution in [0.15, 0.2) is 11.1 Å². The quantitative estimate of drug-likeness (QED) is 0.601. The standard InChI is InChI=1S/C12H18O2/c1-9-6-7-12(14)8-10(9)4-2-3-5-11(12)13/h14H,2-8H2,1H3. The van der Waals surface area contributed by atoms with Gasteiger partial charge in [0.1, 0.15) is 5.60 Å². The number of Topliss-reactive ketones (excluding diaryl/α,β-unsaturated/α-hetero) is 1. The van der Waals surface area contributed by atoms with E-state index in [1.54, 1.807) is 0 Å². The van der Waals surface area contributed by atoms with Crippen LogP contribution in [0.25, 0.3) is 0 Å². The van der Waals surface area contributed by atoms with Crippen LogP contribution in [0.1, 0.15) is 51.9 Å². The van der Waals surface area contributed by atoms with Crippen LogP contribution in [0.2, 0.25) is 0 Å². The van der Waals surface area contributed by atoms with Crippen LogP contribution in [0.3, 0.4) is 0 Å². The predicted octanol–water partition coefficient (Wildman–Crippen LogP) is 2.36. The summed E-state index contributed by atoms with van der Waals surface area (Å²) in [6.45, 7) is 2.14. The van der Waals surface area contributed by atoms with E-state index in [9.17, 15) is 9.90 Å². The second-order valence-corrected chi connectivity index (χ2v) is 4.72. The minimum atomic E-state index is -1.00. The van der Waals surface area contributed by atoms with Crippen molar-refractivity contribution in [2.45, 2.75) is 57.5 Å². The first kappa shape index (κ1) is 9.91. The van der Waals surface area contributed by atoms with Crippen molar-refractivity contribution in [1.82, 2.24) is 0 Å². The van der Waals surface area contributed by atoms with Crippen molar-refractivity contribution in [1.29, 1.82) is 0 Å². The summed E-state index contributed by atoms with van der Waals surface area (Å²) in [7, 11) is 0. The lowest BCUT2D eigenvalue weighted by atomic mass is 9.74. The van der Waals surface area contributed by atoms with Gasteiger partial charge in [-0.1, -0.05) is 11.1 Å². The molecule has 2 nitrogen and oxygen atoms in total. The summed E-state index contributed by atoms with van der Waals surface area (Å²) in [5.74, 6) is 0.0715. The van der Waals surface area contributed by atoms with E-state index in [1.807, 2.05) is 0 Å². The Morgan fingerprint density at radius 3 is 2.71 bits per heavy atom. The van der Waals surface area contributed by atoms with Crippen molar-refractivity contribution >= 4 is 5.78 Å². The highest BCUT2D eigenvalue weighted by Gasteiger charge is 2.39. The van der Waals surface area contributed by atoms with Crippen LogP contribution >= 0.6 is 0 Å². The Bertz CT molecular complexity index is 291. The molecule has 1 unspecified atom stereocenters. The summed E-state index contributed by atoms with van der Waals surface area (Å²) >= 11 is 0.